The maximum Gasteiger partial charge on any atom is 0.0467 e. The van der Waals surface area contributed by atoms with E-state index in [0.717, 1.165) is 49.9 Å². The lowest BCUT2D eigenvalue weighted by molar-refractivity contribution is 0.346. The van der Waals surface area contributed by atoms with Gasteiger partial charge in [-0.1, -0.05) is 294 Å². The monoisotopic (exact) mass is 1210 g/mol. The van der Waals surface area contributed by atoms with Gasteiger partial charge in [0.15, 0.2) is 0 Å². The van der Waals surface area contributed by atoms with Crippen LogP contribution in [0.4, 0.5) is 34.1 Å². The van der Waals surface area contributed by atoms with Gasteiger partial charge >= 0.3 is 0 Å². The van der Waals surface area contributed by atoms with Crippen molar-refractivity contribution in [2.45, 2.75) is 194 Å². The van der Waals surface area contributed by atoms with Crippen LogP contribution in [0.5, 0.6) is 0 Å². The molecule has 1 aliphatic rings. The van der Waals surface area contributed by atoms with E-state index in [9.17, 15) is 0 Å². The molecule has 10 aromatic carbocycles. The molecule has 472 valence electrons. The van der Waals surface area contributed by atoms with E-state index in [4.69, 9.17) is 0 Å². The normalized spacial score (nSPS) is 12.9. The van der Waals surface area contributed by atoms with Gasteiger partial charge in [0.1, 0.15) is 0 Å². The standard InChI is InChI=1S/C90H102N2/c1-5-9-13-18-32-70-48-56-80(57-49-70)91(81-58-50-71(51-59-81)33-19-14-10-6-2)84-42-30-38-76(68-84)88-46-24-22-44-86(88)74-36-28-40-78(66-74)90(64-26-17-27-65-90)79-41-29-37-75(67-79)87-45-23-25-47-89(87)77-39-31-43-85(69-77)92(82-60-52-72(53-61-82)34-20-15-11-7-3)83-62-54-73(55-63-83)35-21-16-12-8-4/h22-25,28-31,36-63,66-69H,5-21,26-27,32-35,64-65H2,1-4H3. The molecule has 0 unspecified atom stereocenters. The molecule has 0 amide bonds. The Hall–Kier alpha value is -8.20. The summed E-state index contributed by atoms with van der Waals surface area (Å²) in [7, 11) is 0. The molecule has 0 aliphatic heterocycles. The lowest BCUT2D eigenvalue weighted by Gasteiger charge is -2.39. The van der Waals surface area contributed by atoms with Crippen molar-refractivity contribution in [3.63, 3.8) is 0 Å². The highest BCUT2D eigenvalue weighted by atomic mass is 15.1. The van der Waals surface area contributed by atoms with Crippen LogP contribution in [-0.4, -0.2) is 0 Å². The fraction of sp³-hybridized carbons (Fsp3) is 0.333. The molecule has 0 N–H and O–H groups in total. The second-order valence-electron chi connectivity index (χ2n) is 26.6. The first-order valence-corrected chi connectivity index (χ1v) is 36.0. The Bertz CT molecular complexity index is 3480. The molecule has 0 bridgehead atoms. The number of anilines is 6. The van der Waals surface area contributed by atoms with Gasteiger partial charge in [0.05, 0.1) is 0 Å². The summed E-state index contributed by atoms with van der Waals surface area (Å²) in [4.78, 5) is 4.93. The third kappa shape index (κ3) is 16.5. The molecule has 0 atom stereocenters. The van der Waals surface area contributed by atoms with Gasteiger partial charge in [-0.3, -0.25) is 0 Å². The summed E-state index contributed by atoms with van der Waals surface area (Å²) in [5.74, 6) is 0. The molecule has 0 saturated heterocycles. The van der Waals surface area contributed by atoms with E-state index < -0.39 is 0 Å². The summed E-state index contributed by atoms with van der Waals surface area (Å²) < 4.78 is 0. The van der Waals surface area contributed by atoms with Crippen molar-refractivity contribution >= 4 is 34.1 Å². The number of nitrogens with zero attached hydrogens (tertiary/aromatic N) is 2. The fourth-order valence-corrected chi connectivity index (χ4v) is 14.6. The number of benzene rings is 10. The van der Waals surface area contributed by atoms with Crippen molar-refractivity contribution < 1.29 is 0 Å². The van der Waals surface area contributed by atoms with Crippen molar-refractivity contribution in [3.05, 3.63) is 276 Å². The third-order valence-electron chi connectivity index (χ3n) is 19.9. The van der Waals surface area contributed by atoms with Crippen LogP contribution >= 0.6 is 0 Å². The van der Waals surface area contributed by atoms with Crippen LogP contribution in [0.25, 0.3) is 44.5 Å². The first-order chi connectivity index (χ1) is 45.4. The maximum absolute atomic E-state index is 2.55. The third-order valence-corrected chi connectivity index (χ3v) is 19.9. The molecule has 92 heavy (non-hydrogen) atoms. The number of hydrogen-bond acceptors (Lipinski definition) is 2. The van der Waals surface area contributed by atoms with Crippen LogP contribution < -0.4 is 9.80 Å². The summed E-state index contributed by atoms with van der Waals surface area (Å²) in [6.07, 6.45) is 30.9. The zero-order chi connectivity index (χ0) is 63.2. The van der Waals surface area contributed by atoms with Crippen LogP contribution in [0.3, 0.4) is 0 Å². The van der Waals surface area contributed by atoms with E-state index in [1.807, 2.05) is 0 Å². The highest BCUT2D eigenvalue weighted by Gasteiger charge is 2.36. The Morgan fingerprint density at radius 2 is 0.533 bits per heavy atom. The molecule has 1 saturated carbocycles. The van der Waals surface area contributed by atoms with Gasteiger partial charge in [-0.25, -0.2) is 0 Å². The van der Waals surface area contributed by atoms with Crippen molar-refractivity contribution in [2.24, 2.45) is 0 Å². The summed E-state index contributed by atoms with van der Waals surface area (Å²) >= 11 is 0. The maximum atomic E-state index is 2.55. The molecular weight excluding hydrogens is 1110 g/mol. The molecule has 2 heteroatoms. The zero-order valence-electron chi connectivity index (χ0n) is 56.2. The second kappa shape index (κ2) is 33.4. The van der Waals surface area contributed by atoms with E-state index in [1.54, 1.807) is 0 Å². The van der Waals surface area contributed by atoms with Crippen molar-refractivity contribution in [1.82, 2.24) is 0 Å². The van der Waals surface area contributed by atoms with Gasteiger partial charge < -0.3 is 9.80 Å². The van der Waals surface area contributed by atoms with Crippen LogP contribution in [-0.2, 0) is 31.1 Å². The highest BCUT2D eigenvalue weighted by Crippen LogP contribution is 2.49. The number of unbranched alkanes of at least 4 members (excludes halogenated alkanes) is 12. The van der Waals surface area contributed by atoms with E-state index in [1.165, 1.54) is 223 Å². The molecule has 0 aromatic heterocycles. The number of aryl methyl sites for hydroxylation is 4. The molecule has 1 aliphatic carbocycles. The Kier molecular flexibility index (Phi) is 23.7. The van der Waals surface area contributed by atoms with E-state index in [2.05, 4.69) is 280 Å². The average molecular weight is 1210 g/mol. The van der Waals surface area contributed by atoms with Crippen molar-refractivity contribution in [1.29, 1.82) is 0 Å². The Labute approximate surface area is 554 Å². The topological polar surface area (TPSA) is 6.48 Å². The molecule has 0 heterocycles. The van der Waals surface area contributed by atoms with Gasteiger partial charge in [0.25, 0.3) is 0 Å². The average Bonchev–Trinajstić information content (AvgIpc) is 0.780. The van der Waals surface area contributed by atoms with Gasteiger partial charge in [0, 0.05) is 39.5 Å². The number of rotatable bonds is 32. The SMILES string of the molecule is CCCCCCc1ccc(N(c2ccc(CCCCCC)cc2)c2cccc(-c3ccccc3-c3cccc(C4(c5cccc(-c6ccccc6-c6cccc(N(c7ccc(CCCCCC)cc7)c7ccc(CCCCCC)cc7)c6)c5)CCCCC4)c3)c2)cc1. The molecular formula is C90H102N2. The summed E-state index contributed by atoms with van der Waals surface area (Å²) in [6, 6.07) is 93.7. The predicted molar refractivity (Wildman–Crippen MR) is 399 cm³/mol. The minimum atomic E-state index is -0.124. The highest BCUT2D eigenvalue weighted by molar-refractivity contribution is 5.89. The lowest BCUT2D eigenvalue weighted by Crippen LogP contribution is -2.30. The smallest absolute Gasteiger partial charge is 0.0467 e. The molecule has 1 fully saturated rings. The molecule has 10 aromatic rings. The Morgan fingerprint density at radius 1 is 0.250 bits per heavy atom. The van der Waals surface area contributed by atoms with Crippen LogP contribution in [0.1, 0.15) is 196 Å². The molecule has 0 radical (unpaired) electrons. The second-order valence-corrected chi connectivity index (χ2v) is 26.6. The van der Waals surface area contributed by atoms with Gasteiger partial charge in [0.2, 0.25) is 0 Å². The van der Waals surface area contributed by atoms with E-state index in [-0.39, 0.29) is 5.41 Å². The minimum Gasteiger partial charge on any atom is -0.310 e. The first-order valence-electron chi connectivity index (χ1n) is 36.0. The molecule has 11 rings (SSSR count). The summed E-state index contributed by atoms with van der Waals surface area (Å²) in [5, 5.41) is 0. The lowest BCUT2D eigenvalue weighted by atomic mass is 9.64. The van der Waals surface area contributed by atoms with Crippen LogP contribution in [0.15, 0.2) is 243 Å². The van der Waals surface area contributed by atoms with Gasteiger partial charge in [-0.05, 0) is 215 Å². The van der Waals surface area contributed by atoms with Crippen molar-refractivity contribution in [3.8, 4) is 44.5 Å². The van der Waals surface area contributed by atoms with Gasteiger partial charge in [-0.15, -0.1) is 0 Å². The van der Waals surface area contributed by atoms with Crippen LogP contribution in [0, 0.1) is 0 Å². The Balaban J connectivity index is 0.902. The molecule has 2 nitrogen and oxygen atoms in total. The van der Waals surface area contributed by atoms with E-state index >= 15 is 0 Å². The quantitative estimate of drug-likeness (QED) is 0.0388. The van der Waals surface area contributed by atoms with E-state index in [0.29, 0.717) is 0 Å². The predicted octanol–water partition coefficient (Wildman–Crippen LogP) is 27.0. The number of hydrogen-bond donors (Lipinski definition) is 0. The van der Waals surface area contributed by atoms with Gasteiger partial charge in [-0.2, -0.15) is 0 Å². The largest absolute Gasteiger partial charge is 0.310 e. The molecule has 0 spiro atoms. The first kappa shape index (κ1) is 65.3. The summed E-state index contributed by atoms with van der Waals surface area (Å²) in [6.45, 7) is 9.17. The van der Waals surface area contributed by atoms with Crippen LogP contribution in [0.2, 0.25) is 0 Å². The fourth-order valence-electron chi connectivity index (χ4n) is 14.6. The minimum absolute atomic E-state index is 0.124. The summed E-state index contributed by atoms with van der Waals surface area (Å²) in [5.41, 5.74) is 25.4. The Morgan fingerprint density at radius 3 is 0.826 bits per heavy atom. The zero-order valence-corrected chi connectivity index (χ0v) is 56.2. The van der Waals surface area contributed by atoms with Crippen molar-refractivity contribution in [2.75, 3.05) is 9.80 Å².